The van der Waals surface area contributed by atoms with Crippen LogP contribution in [-0.4, -0.2) is 23.7 Å². The summed E-state index contributed by atoms with van der Waals surface area (Å²) in [6, 6.07) is 7.22. The molecule has 4 nitrogen and oxygen atoms in total. The Labute approximate surface area is 95.2 Å². The Hall–Kier alpha value is -1.55. The maximum absolute atomic E-state index is 11.5. The number of benzene rings is 1. The molecule has 1 aromatic rings. The molecule has 0 aliphatic rings. The first kappa shape index (κ1) is 12.5. The number of anilines is 1. The minimum absolute atomic E-state index is 0.0838. The van der Waals surface area contributed by atoms with Crippen LogP contribution in [0.25, 0.3) is 0 Å². The van der Waals surface area contributed by atoms with Gasteiger partial charge in [0.05, 0.1) is 24.8 Å². The molecule has 1 amide bonds. The third kappa shape index (κ3) is 3.90. The molecule has 0 bridgehead atoms. The molecular weight excluding hydrogens is 206 g/mol. The minimum Gasteiger partial charge on any atom is -0.492 e. The number of aliphatic hydroxyl groups is 1. The first-order chi connectivity index (χ1) is 7.63. The maximum atomic E-state index is 11.5. The molecule has 0 spiro atoms. The predicted octanol–water partition coefficient (Wildman–Crippen LogP) is 1.79. The maximum Gasteiger partial charge on any atom is 0.227 e. The summed E-state index contributed by atoms with van der Waals surface area (Å²) < 4.78 is 5.37. The topological polar surface area (TPSA) is 58.6 Å². The van der Waals surface area contributed by atoms with Crippen LogP contribution >= 0.6 is 0 Å². The van der Waals surface area contributed by atoms with Crippen LogP contribution in [0.2, 0.25) is 0 Å². The number of aliphatic hydroxyl groups excluding tert-OH is 1. The van der Waals surface area contributed by atoms with Gasteiger partial charge in [0.15, 0.2) is 0 Å². The van der Waals surface area contributed by atoms with E-state index in [1.807, 2.05) is 19.1 Å². The molecule has 1 rings (SSSR count). The van der Waals surface area contributed by atoms with Crippen molar-refractivity contribution in [2.75, 3.05) is 11.9 Å². The van der Waals surface area contributed by atoms with Gasteiger partial charge in [-0.25, -0.2) is 0 Å². The zero-order valence-corrected chi connectivity index (χ0v) is 9.56. The third-order valence-electron chi connectivity index (χ3n) is 1.94. The van der Waals surface area contributed by atoms with Crippen LogP contribution in [0, 0.1) is 0 Å². The molecule has 1 atom stereocenters. The first-order valence-corrected chi connectivity index (χ1v) is 5.33. The van der Waals surface area contributed by atoms with Crippen LogP contribution in [0.4, 0.5) is 5.69 Å². The zero-order valence-electron chi connectivity index (χ0n) is 9.56. The Bertz CT molecular complexity index is 350. The highest BCUT2D eigenvalue weighted by Gasteiger charge is 2.09. The fourth-order valence-electron chi connectivity index (χ4n) is 1.32. The SMILES string of the molecule is CCOc1ccccc1NC(=O)CC(C)O. The van der Waals surface area contributed by atoms with Crippen molar-refractivity contribution in [3.05, 3.63) is 24.3 Å². The van der Waals surface area contributed by atoms with Gasteiger partial charge < -0.3 is 15.2 Å². The molecule has 16 heavy (non-hydrogen) atoms. The molecule has 0 aliphatic heterocycles. The summed E-state index contributed by atoms with van der Waals surface area (Å²) in [5, 5.41) is 11.8. The summed E-state index contributed by atoms with van der Waals surface area (Å²) in [5.74, 6) is 0.422. The van der Waals surface area contributed by atoms with Crippen molar-refractivity contribution in [3.8, 4) is 5.75 Å². The molecule has 88 valence electrons. The molecule has 0 aromatic heterocycles. The van der Waals surface area contributed by atoms with E-state index in [-0.39, 0.29) is 12.3 Å². The third-order valence-corrected chi connectivity index (χ3v) is 1.94. The van der Waals surface area contributed by atoms with Gasteiger partial charge >= 0.3 is 0 Å². The lowest BCUT2D eigenvalue weighted by Crippen LogP contribution is -2.17. The second-order valence-corrected chi connectivity index (χ2v) is 3.53. The van der Waals surface area contributed by atoms with Crippen LogP contribution in [0.5, 0.6) is 5.75 Å². The van der Waals surface area contributed by atoms with E-state index in [1.165, 1.54) is 0 Å². The van der Waals surface area contributed by atoms with Crippen molar-refractivity contribution >= 4 is 11.6 Å². The molecule has 0 fully saturated rings. The minimum atomic E-state index is -0.640. The summed E-state index contributed by atoms with van der Waals surface area (Å²) in [7, 11) is 0. The number of para-hydroxylation sites is 2. The number of carbonyl (C=O) groups is 1. The van der Waals surface area contributed by atoms with Gasteiger partial charge in [-0.2, -0.15) is 0 Å². The lowest BCUT2D eigenvalue weighted by atomic mass is 10.2. The Morgan fingerprint density at radius 3 is 2.81 bits per heavy atom. The molecular formula is C12H17NO3. The molecule has 0 aliphatic carbocycles. The van der Waals surface area contributed by atoms with Gasteiger partial charge in [-0.15, -0.1) is 0 Å². The van der Waals surface area contributed by atoms with Gasteiger partial charge in [-0.05, 0) is 26.0 Å². The van der Waals surface area contributed by atoms with Crippen molar-refractivity contribution in [2.24, 2.45) is 0 Å². The normalized spacial score (nSPS) is 11.9. The van der Waals surface area contributed by atoms with Gasteiger partial charge in [0.25, 0.3) is 0 Å². The Balaban J connectivity index is 2.68. The highest BCUT2D eigenvalue weighted by atomic mass is 16.5. The quantitative estimate of drug-likeness (QED) is 0.800. The predicted molar refractivity (Wildman–Crippen MR) is 62.5 cm³/mol. The van der Waals surface area contributed by atoms with Crippen molar-refractivity contribution in [2.45, 2.75) is 26.4 Å². The largest absolute Gasteiger partial charge is 0.492 e. The number of hydrogen-bond donors (Lipinski definition) is 2. The van der Waals surface area contributed by atoms with Crippen LogP contribution in [0.3, 0.4) is 0 Å². The van der Waals surface area contributed by atoms with E-state index in [4.69, 9.17) is 9.84 Å². The lowest BCUT2D eigenvalue weighted by molar-refractivity contribution is -0.117. The van der Waals surface area contributed by atoms with Crippen LogP contribution in [0.15, 0.2) is 24.3 Å². The summed E-state index contributed by atoms with van der Waals surface area (Å²) in [4.78, 5) is 11.5. The van der Waals surface area contributed by atoms with E-state index >= 15 is 0 Å². The highest BCUT2D eigenvalue weighted by Crippen LogP contribution is 2.23. The number of nitrogens with one attached hydrogen (secondary N) is 1. The number of amides is 1. The molecule has 1 aromatic carbocycles. The molecule has 0 saturated carbocycles. The second kappa shape index (κ2) is 6.12. The summed E-state index contributed by atoms with van der Waals surface area (Å²) in [5.41, 5.74) is 0.634. The first-order valence-electron chi connectivity index (χ1n) is 5.33. The highest BCUT2D eigenvalue weighted by molar-refractivity contribution is 5.92. The Morgan fingerprint density at radius 2 is 2.19 bits per heavy atom. The Morgan fingerprint density at radius 1 is 1.50 bits per heavy atom. The van der Waals surface area contributed by atoms with Crippen molar-refractivity contribution in [1.82, 2.24) is 0 Å². The lowest BCUT2D eigenvalue weighted by Gasteiger charge is -2.11. The zero-order chi connectivity index (χ0) is 12.0. The fraction of sp³-hybridized carbons (Fsp3) is 0.417. The number of carbonyl (C=O) groups excluding carboxylic acids is 1. The second-order valence-electron chi connectivity index (χ2n) is 3.53. The van der Waals surface area contributed by atoms with Crippen molar-refractivity contribution in [3.63, 3.8) is 0 Å². The summed E-state index contributed by atoms with van der Waals surface area (Å²) >= 11 is 0. The number of ether oxygens (including phenoxy) is 1. The van der Waals surface area contributed by atoms with E-state index in [0.717, 1.165) is 0 Å². The average molecular weight is 223 g/mol. The standard InChI is InChI=1S/C12H17NO3/c1-3-16-11-7-5-4-6-10(11)13-12(15)8-9(2)14/h4-7,9,14H,3,8H2,1-2H3,(H,13,15). The van der Waals surface area contributed by atoms with Crippen molar-refractivity contribution < 1.29 is 14.6 Å². The van der Waals surface area contributed by atoms with Crippen molar-refractivity contribution in [1.29, 1.82) is 0 Å². The molecule has 0 saturated heterocycles. The number of hydrogen-bond acceptors (Lipinski definition) is 3. The summed E-state index contributed by atoms with van der Waals surface area (Å²) in [6.45, 7) is 4.01. The van der Waals surface area contributed by atoms with Gasteiger partial charge in [-0.1, -0.05) is 12.1 Å². The van der Waals surface area contributed by atoms with Gasteiger partial charge in [0.2, 0.25) is 5.91 Å². The van der Waals surface area contributed by atoms with E-state index in [9.17, 15) is 4.79 Å². The van der Waals surface area contributed by atoms with E-state index in [0.29, 0.717) is 18.0 Å². The molecule has 0 heterocycles. The smallest absolute Gasteiger partial charge is 0.227 e. The molecule has 4 heteroatoms. The van der Waals surface area contributed by atoms with Gasteiger partial charge in [0, 0.05) is 0 Å². The van der Waals surface area contributed by atoms with Gasteiger partial charge in [0.1, 0.15) is 5.75 Å². The molecule has 2 N–H and O–H groups in total. The average Bonchev–Trinajstić information content (AvgIpc) is 2.20. The Kier molecular flexibility index (Phi) is 4.79. The van der Waals surface area contributed by atoms with Crippen LogP contribution in [-0.2, 0) is 4.79 Å². The van der Waals surface area contributed by atoms with Crippen LogP contribution < -0.4 is 10.1 Å². The summed E-state index contributed by atoms with van der Waals surface area (Å²) in [6.07, 6.45) is -0.556. The van der Waals surface area contributed by atoms with Gasteiger partial charge in [-0.3, -0.25) is 4.79 Å². The molecule has 0 radical (unpaired) electrons. The monoisotopic (exact) mass is 223 g/mol. The van der Waals surface area contributed by atoms with E-state index < -0.39 is 6.10 Å². The molecule has 1 unspecified atom stereocenters. The number of rotatable bonds is 5. The van der Waals surface area contributed by atoms with E-state index in [1.54, 1.807) is 19.1 Å². The fourth-order valence-corrected chi connectivity index (χ4v) is 1.32. The van der Waals surface area contributed by atoms with E-state index in [2.05, 4.69) is 5.32 Å². The van der Waals surface area contributed by atoms with Crippen LogP contribution in [0.1, 0.15) is 20.3 Å².